The lowest BCUT2D eigenvalue weighted by atomic mass is 10.0. The number of aliphatic carboxylic acids is 1. The second kappa shape index (κ2) is 7.10. The van der Waals surface area contributed by atoms with Gasteiger partial charge in [-0.1, -0.05) is 17.7 Å². The van der Waals surface area contributed by atoms with Crippen molar-refractivity contribution in [3.05, 3.63) is 47.2 Å². The number of benzene rings is 2. The molecule has 0 aliphatic carbocycles. The molecular formula is C16H14ClFO4S. The molecule has 2 aromatic carbocycles. The zero-order valence-corrected chi connectivity index (χ0v) is 14.0. The predicted octanol–water partition coefficient (Wildman–Crippen LogP) is 3.74. The fraction of sp³-hybridized carbons (Fsp3) is 0.188. The third-order valence-electron chi connectivity index (χ3n) is 3.15. The molecule has 2 aromatic rings. The van der Waals surface area contributed by atoms with Crippen LogP contribution >= 0.6 is 11.6 Å². The SMILES string of the molecule is CC(Oc1ccc(Cl)cc1-c1ccc(S(C)=O)c(F)c1)C(=O)O. The fourth-order valence-electron chi connectivity index (χ4n) is 1.97. The molecule has 2 rings (SSSR count). The van der Waals surface area contributed by atoms with E-state index in [9.17, 15) is 13.4 Å². The van der Waals surface area contributed by atoms with Gasteiger partial charge >= 0.3 is 5.97 Å². The summed E-state index contributed by atoms with van der Waals surface area (Å²) in [6.07, 6.45) is 0.322. The number of carbonyl (C=O) groups is 1. The van der Waals surface area contributed by atoms with Crippen LogP contribution in [0.15, 0.2) is 41.3 Å². The van der Waals surface area contributed by atoms with Crippen molar-refractivity contribution in [3.63, 3.8) is 0 Å². The van der Waals surface area contributed by atoms with Gasteiger partial charge in [0.15, 0.2) is 6.10 Å². The highest BCUT2D eigenvalue weighted by atomic mass is 35.5. The van der Waals surface area contributed by atoms with Gasteiger partial charge in [0, 0.05) is 16.8 Å². The van der Waals surface area contributed by atoms with E-state index >= 15 is 0 Å². The first-order valence-electron chi connectivity index (χ1n) is 6.62. The minimum absolute atomic E-state index is 0.0946. The molecule has 2 unspecified atom stereocenters. The van der Waals surface area contributed by atoms with Gasteiger partial charge in [0.1, 0.15) is 11.6 Å². The number of hydrogen-bond donors (Lipinski definition) is 1. The van der Waals surface area contributed by atoms with Gasteiger partial charge in [-0.2, -0.15) is 0 Å². The summed E-state index contributed by atoms with van der Waals surface area (Å²) in [5, 5.41) is 9.36. The number of ether oxygens (including phenoxy) is 1. The minimum atomic E-state index is -1.44. The highest BCUT2D eigenvalue weighted by Crippen LogP contribution is 2.34. The van der Waals surface area contributed by atoms with Crippen molar-refractivity contribution in [3.8, 4) is 16.9 Å². The molecule has 0 fully saturated rings. The van der Waals surface area contributed by atoms with Gasteiger partial charge in [-0.05, 0) is 42.8 Å². The van der Waals surface area contributed by atoms with Crippen molar-refractivity contribution >= 4 is 28.4 Å². The molecule has 0 aromatic heterocycles. The van der Waals surface area contributed by atoms with Crippen LogP contribution < -0.4 is 4.74 Å². The summed E-state index contributed by atoms with van der Waals surface area (Å²) in [4.78, 5) is 11.0. The summed E-state index contributed by atoms with van der Waals surface area (Å²) in [5.74, 6) is -1.46. The summed E-state index contributed by atoms with van der Waals surface area (Å²) >= 11 is 5.97. The van der Waals surface area contributed by atoms with Crippen molar-refractivity contribution in [2.75, 3.05) is 6.26 Å². The van der Waals surface area contributed by atoms with Gasteiger partial charge in [0.25, 0.3) is 0 Å². The molecule has 0 bridgehead atoms. The van der Waals surface area contributed by atoms with E-state index in [-0.39, 0.29) is 10.6 Å². The first kappa shape index (κ1) is 17.4. The Morgan fingerprint density at radius 2 is 2.00 bits per heavy atom. The number of carboxylic acid groups (broad SMARTS) is 1. The molecule has 0 amide bonds. The van der Waals surface area contributed by atoms with Gasteiger partial charge < -0.3 is 9.84 Å². The van der Waals surface area contributed by atoms with Crippen LogP contribution in [0.2, 0.25) is 5.02 Å². The van der Waals surface area contributed by atoms with Crippen molar-refractivity contribution in [2.45, 2.75) is 17.9 Å². The lowest BCUT2D eigenvalue weighted by Crippen LogP contribution is -2.23. The molecular weight excluding hydrogens is 343 g/mol. The largest absolute Gasteiger partial charge is 0.479 e. The summed E-state index contributed by atoms with van der Waals surface area (Å²) in [6.45, 7) is 1.39. The Bertz CT molecular complexity index is 779. The van der Waals surface area contributed by atoms with Crippen LogP contribution in [0, 0.1) is 5.82 Å². The van der Waals surface area contributed by atoms with E-state index in [1.165, 1.54) is 31.4 Å². The average molecular weight is 357 g/mol. The molecule has 0 radical (unpaired) electrons. The average Bonchev–Trinajstić information content (AvgIpc) is 2.48. The summed E-state index contributed by atoms with van der Waals surface area (Å²) in [5.41, 5.74) is 0.907. The number of hydrogen-bond acceptors (Lipinski definition) is 3. The van der Waals surface area contributed by atoms with Crippen molar-refractivity contribution < 1.29 is 23.2 Å². The second-order valence-electron chi connectivity index (χ2n) is 4.84. The number of halogens is 2. The first-order valence-corrected chi connectivity index (χ1v) is 8.55. The lowest BCUT2D eigenvalue weighted by molar-refractivity contribution is -0.144. The number of rotatable bonds is 5. The molecule has 7 heteroatoms. The molecule has 0 saturated heterocycles. The van der Waals surface area contributed by atoms with Crippen LogP contribution in [-0.2, 0) is 15.6 Å². The maximum Gasteiger partial charge on any atom is 0.344 e. The molecule has 0 heterocycles. The van der Waals surface area contributed by atoms with E-state index in [0.717, 1.165) is 0 Å². The highest BCUT2D eigenvalue weighted by molar-refractivity contribution is 7.84. The zero-order chi connectivity index (χ0) is 17.1. The van der Waals surface area contributed by atoms with Crippen LogP contribution in [0.5, 0.6) is 5.75 Å². The third kappa shape index (κ3) is 4.09. The van der Waals surface area contributed by atoms with Crippen LogP contribution in [0.1, 0.15) is 6.92 Å². The lowest BCUT2D eigenvalue weighted by Gasteiger charge is -2.15. The quantitative estimate of drug-likeness (QED) is 0.886. The van der Waals surface area contributed by atoms with Gasteiger partial charge in [0.2, 0.25) is 0 Å². The summed E-state index contributed by atoms with van der Waals surface area (Å²) in [7, 11) is -1.44. The Hall–Kier alpha value is -1.92. The first-order chi connectivity index (χ1) is 10.8. The maximum atomic E-state index is 14.0. The smallest absolute Gasteiger partial charge is 0.344 e. The van der Waals surface area contributed by atoms with E-state index in [4.69, 9.17) is 21.4 Å². The molecule has 0 spiro atoms. The molecule has 23 heavy (non-hydrogen) atoms. The van der Waals surface area contributed by atoms with Gasteiger partial charge in [0.05, 0.1) is 15.7 Å². The van der Waals surface area contributed by atoms with Crippen molar-refractivity contribution in [1.82, 2.24) is 0 Å². The molecule has 4 nitrogen and oxygen atoms in total. The Labute approximate surface area is 140 Å². The van der Waals surface area contributed by atoms with Crippen LogP contribution in [0.3, 0.4) is 0 Å². The van der Waals surface area contributed by atoms with Crippen molar-refractivity contribution in [1.29, 1.82) is 0 Å². The topological polar surface area (TPSA) is 63.6 Å². The van der Waals surface area contributed by atoms with E-state index in [1.54, 1.807) is 18.2 Å². The minimum Gasteiger partial charge on any atom is -0.479 e. The normalized spacial score (nSPS) is 13.4. The highest BCUT2D eigenvalue weighted by Gasteiger charge is 2.17. The molecule has 122 valence electrons. The Morgan fingerprint density at radius 1 is 1.30 bits per heavy atom. The monoisotopic (exact) mass is 356 g/mol. The maximum absolute atomic E-state index is 14.0. The molecule has 0 saturated carbocycles. The molecule has 2 atom stereocenters. The van der Waals surface area contributed by atoms with E-state index in [0.29, 0.717) is 16.1 Å². The van der Waals surface area contributed by atoms with Crippen LogP contribution in [0.4, 0.5) is 4.39 Å². The standard InChI is InChI=1S/C16H14ClFO4S/c1-9(16(19)20)22-14-5-4-11(17)8-12(14)10-3-6-15(23(2)21)13(18)7-10/h3-9H,1-2H3,(H,19,20). The molecule has 0 aliphatic rings. The van der Waals surface area contributed by atoms with Crippen LogP contribution in [-0.4, -0.2) is 27.6 Å². The van der Waals surface area contributed by atoms with Crippen LogP contribution in [0.25, 0.3) is 11.1 Å². The summed E-state index contributed by atoms with van der Waals surface area (Å²) < 4.78 is 30.9. The van der Waals surface area contributed by atoms with E-state index in [1.807, 2.05) is 0 Å². The number of carboxylic acids is 1. The third-order valence-corrected chi connectivity index (χ3v) is 4.33. The fourth-order valence-corrected chi connectivity index (χ4v) is 2.74. The van der Waals surface area contributed by atoms with E-state index < -0.39 is 28.7 Å². The van der Waals surface area contributed by atoms with E-state index in [2.05, 4.69) is 0 Å². The van der Waals surface area contributed by atoms with Gasteiger partial charge in [-0.3, -0.25) is 4.21 Å². The summed E-state index contributed by atoms with van der Waals surface area (Å²) in [6, 6.07) is 8.88. The van der Waals surface area contributed by atoms with Gasteiger partial charge in [-0.15, -0.1) is 0 Å². The van der Waals surface area contributed by atoms with Gasteiger partial charge in [-0.25, -0.2) is 9.18 Å². The Morgan fingerprint density at radius 3 is 2.57 bits per heavy atom. The Balaban J connectivity index is 2.50. The Kier molecular flexibility index (Phi) is 5.38. The molecule has 0 aliphatic heterocycles. The zero-order valence-electron chi connectivity index (χ0n) is 12.4. The van der Waals surface area contributed by atoms with Crippen molar-refractivity contribution in [2.24, 2.45) is 0 Å². The predicted molar refractivity (Wildman–Crippen MR) is 86.9 cm³/mol. The molecule has 1 N–H and O–H groups in total. The second-order valence-corrected chi connectivity index (χ2v) is 6.62.